The molecule has 0 atom stereocenters. The molecule has 3 rings (SSSR count). The molecule has 0 aliphatic heterocycles. The third kappa shape index (κ3) is 4.15. The average Bonchev–Trinajstić information content (AvgIpc) is 2.65. The maximum atomic E-state index is 12.8. The maximum Gasteiger partial charge on any atom is 0.257 e. The van der Waals surface area contributed by atoms with Crippen LogP contribution in [0.4, 0.5) is 5.69 Å². The van der Waals surface area contributed by atoms with Crippen molar-refractivity contribution in [2.45, 2.75) is 0 Å². The highest BCUT2D eigenvalue weighted by Crippen LogP contribution is 2.26. The number of anilines is 1. The first kappa shape index (κ1) is 18.6. The van der Waals surface area contributed by atoms with Crippen molar-refractivity contribution < 1.29 is 9.59 Å². The van der Waals surface area contributed by atoms with Gasteiger partial charge in [0.2, 0.25) is 0 Å². The van der Waals surface area contributed by atoms with Crippen molar-refractivity contribution >= 4 is 56.5 Å². The lowest BCUT2D eigenvalue weighted by molar-refractivity contribution is 0.102. The number of amides is 1. The molecule has 1 N–H and O–H groups in total. The molecular formula is C20H12BrCl2NO2. The van der Waals surface area contributed by atoms with Gasteiger partial charge in [0, 0.05) is 20.6 Å². The van der Waals surface area contributed by atoms with E-state index in [1.807, 2.05) is 6.07 Å². The van der Waals surface area contributed by atoms with Crippen molar-refractivity contribution in [3.63, 3.8) is 0 Å². The standard InChI is InChI=1S/C20H12BrCl2NO2/c21-13-6-8-17(23)15(10-13)20(26)24-18-9-7-14(22)11-16(18)19(25)12-4-2-1-3-5-12/h1-11H,(H,24,26). The van der Waals surface area contributed by atoms with Gasteiger partial charge in [0.05, 0.1) is 16.3 Å². The summed E-state index contributed by atoms with van der Waals surface area (Å²) in [6, 6.07) is 18.5. The first-order valence-electron chi connectivity index (χ1n) is 7.61. The van der Waals surface area contributed by atoms with E-state index in [0.717, 1.165) is 4.47 Å². The molecule has 1 amide bonds. The molecule has 6 heteroatoms. The highest BCUT2D eigenvalue weighted by molar-refractivity contribution is 9.10. The van der Waals surface area contributed by atoms with E-state index in [1.54, 1.807) is 54.6 Å². The number of carbonyl (C=O) groups is 2. The number of halogens is 3. The van der Waals surface area contributed by atoms with E-state index in [4.69, 9.17) is 23.2 Å². The molecule has 0 heterocycles. The second-order valence-electron chi connectivity index (χ2n) is 5.46. The van der Waals surface area contributed by atoms with Gasteiger partial charge in [-0.15, -0.1) is 0 Å². The van der Waals surface area contributed by atoms with Crippen LogP contribution >= 0.6 is 39.1 Å². The van der Waals surface area contributed by atoms with Crippen molar-refractivity contribution in [1.29, 1.82) is 0 Å². The van der Waals surface area contributed by atoms with E-state index in [1.165, 1.54) is 6.07 Å². The minimum Gasteiger partial charge on any atom is -0.321 e. The number of nitrogens with one attached hydrogen (secondary N) is 1. The number of hydrogen-bond acceptors (Lipinski definition) is 2. The Labute approximate surface area is 169 Å². The molecule has 0 saturated heterocycles. The Morgan fingerprint density at radius 1 is 0.846 bits per heavy atom. The van der Waals surface area contributed by atoms with Gasteiger partial charge in [0.1, 0.15) is 0 Å². The summed E-state index contributed by atoms with van der Waals surface area (Å²) in [5.41, 5.74) is 1.48. The van der Waals surface area contributed by atoms with Crippen LogP contribution < -0.4 is 5.32 Å². The molecular weight excluding hydrogens is 437 g/mol. The largest absolute Gasteiger partial charge is 0.321 e. The zero-order chi connectivity index (χ0) is 18.7. The summed E-state index contributed by atoms with van der Waals surface area (Å²) in [5.74, 6) is -0.649. The van der Waals surface area contributed by atoms with Crippen LogP contribution in [0.2, 0.25) is 10.0 Å². The Hall–Kier alpha value is -2.14. The second kappa shape index (κ2) is 8.04. The first-order valence-corrected chi connectivity index (χ1v) is 9.16. The Bertz CT molecular complexity index is 990. The fourth-order valence-corrected chi connectivity index (χ4v) is 3.16. The fourth-order valence-electron chi connectivity index (χ4n) is 2.42. The lowest BCUT2D eigenvalue weighted by Gasteiger charge is -2.12. The number of hydrogen-bond donors (Lipinski definition) is 1. The summed E-state index contributed by atoms with van der Waals surface area (Å²) in [5, 5.41) is 3.47. The van der Waals surface area contributed by atoms with Crippen molar-refractivity contribution in [1.82, 2.24) is 0 Å². The third-order valence-electron chi connectivity index (χ3n) is 3.68. The third-order valence-corrected chi connectivity index (χ3v) is 4.74. The SMILES string of the molecule is O=C(Nc1ccc(Cl)cc1C(=O)c1ccccc1)c1cc(Br)ccc1Cl. The van der Waals surface area contributed by atoms with Crippen LogP contribution in [0.1, 0.15) is 26.3 Å². The van der Waals surface area contributed by atoms with Gasteiger partial charge in [0.15, 0.2) is 5.78 Å². The maximum absolute atomic E-state index is 12.8. The summed E-state index contributed by atoms with van der Waals surface area (Å²) >= 11 is 15.5. The van der Waals surface area contributed by atoms with Gasteiger partial charge in [-0.25, -0.2) is 0 Å². The lowest BCUT2D eigenvalue weighted by Crippen LogP contribution is -2.15. The van der Waals surface area contributed by atoms with Gasteiger partial charge < -0.3 is 5.32 Å². The van der Waals surface area contributed by atoms with Crippen LogP contribution in [0.15, 0.2) is 71.2 Å². The molecule has 0 saturated carbocycles. The van der Waals surface area contributed by atoms with Gasteiger partial charge >= 0.3 is 0 Å². The van der Waals surface area contributed by atoms with E-state index in [-0.39, 0.29) is 5.78 Å². The number of carbonyl (C=O) groups excluding carboxylic acids is 2. The van der Waals surface area contributed by atoms with Crippen LogP contribution in [-0.2, 0) is 0 Å². The summed E-state index contributed by atoms with van der Waals surface area (Å²) in [6.45, 7) is 0. The van der Waals surface area contributed by atoms with E-state index >= 15 is 0 Å². The smallest absolute Gasteiger partial charge is 0.257 e. The minimum atomic E-state index is -0.416. The molecule has 0 spiro atoms. The van der Waals surface area contributed by atoms with Gasteiger partial charge in [-0.05, 0) is 36.4 Å². The molecule has 26 heavy (non-hydrogen) atoms. The highest BCUT2D eigenvalue weighted by Gasteiger charge is 2.18. The van der Waals surface area contributed by atoms with Crippen LogP contribution in [0, 0.1) is 0 Å². The predicted molar refractivity (Wildman–Crippen MR) is 108 cm³/mol. The summed E-state index contributed by atoms with van der Waals surface area (Å²) in [7, 11) is 0. The van der Waals surface area contributed by atoms with Crippen LogP contribution in [0.3, 0.4) is 0 Å². The molecule has 0 fully saturated rings. The van der Waals surface area contributed by atoms with Crippen molar-refractivity contribution in [3.8, 4) is 0 Å². The van der Waals surface area contributed by atoms with Crippen LogP contribution in [0.25, 0.3) is 0 Å². The molecule has 130 valence electrons. The van der Waals surface area contributed by atoms with Crippen molar-refractivity contribution in [2.24, 2.45) is 0 Å². The van der Waals surface area contributed by atoms with E-state index in [9.17, 15) is 9.59 Å². The predicted octanol–water partition coefficient (Wildman–Crippen LogP) is 6.24. The second-order valence-corrected chi connectivity index (χ2v) is 7.22. The quantitative estimate of drug-likeness (QED) is 0.480. The molecule has 0 aliphatic rings. The van der Waals surface area contributed by atoms with Gasteiger partial charge in [-0.3, -0.25) is 9.59 Å². The van der Waals surface area contributed by atoms with Crippen LogP contribution in [0.5, 0.6) is 0 Å². The van der Waals surface area contributed by atoms with E-state index in [2.05, 4.69) is 21.2 Å². The highest BCUT2D eigenvalue weighted by atomic mass is 79.9. The molecule has 0 aliphatic carbocycles. The molecule has 0 aromatic heterocycles. The topological polar surface area (TPSA) is 46.2 Å². The van der Waals surface area contributed by atoms with Gasteiger partial charge in [-0.2, -0.15) is 0 Å². The Morgan fingerprint density at radius 2 is 1.58 bits per heavy atom. The number of ketones is 1. The van der Waals surface area contributed by atoms with Gasteiger partial charge in [0.25, 0.3) is 5.91 Å². The van der Waals surface area contributed by atoms with E-state index in [0.29, 0.717) is 32.4 Å². The molecule has 0 bridgehead atoms. The molecule has 3 aromatic rings. The monoisotopic (exact) mass is 447 g/mol. The summed E-state index contributed by atoms with van der Waals surface area (Å²) < 4.78 is 0.726. The summed E-state index contributed by atoms with van der Waals surface area (Å²) in [4.78, 5) is 25.4. The minimum absolute atomic E-state index is 0.233. The normalized spacial score (nSPS) is 10.4. The van der Waals surface area contributed by atoms with Crippen molar-refractivity contribution in [2.75, 3.05) is 5.32 Å². The lowest BCUT2D eigenvalue weighted by atomic mass is 10.0. The zero-order valence-electron chi connectivity index (χ0n) is 13.3. The molecule has 3 aromatic carbocycles. The van der Waals surface area contributed by atoms with Crippen molar-refractivity contribution in [3.05, 3.63) is 97.9 Å². The van der Waals surface area contributed by atoms with Crippen LogP contribution in [-0.4, -0.2) is 11.7 Å². The van der Waals surface area contributed by atoms with E-state index < -0.39 is 5.91 Å². The number of benzene rings is 3. The molecule has 0 radical (unpaired) electrons. The Kier molecular flexibility index (Phi) is 5.77. The Balaban J connectivity index is 1.97. The summed E-state index contributed by atoms with van der Waals surface area (Å²) in [6.07, 6.45) is 0. The number of rotatable bonds is 4. The zero-order valence-corrected chi connectivity index (χ0v) is 16.4. The molecule has 0 unspecified atom stereocenters. The molecule has 3 nitrogen and oxygen atoms in total. The van der Waals surface area contributed by atoms with Gasteiger partial charge in [-0.1, -0.05) is 69.5 Å². The first-order chi connectivity index (χ1) is 12.5. The fraction of sp³-hybridized carbons (Fsp3) is 0. The average molecular weight is 449 g/mol. The Morgan fingerprint density at radius 3 is 2.31 bits per heavy atom.